The third-order valence-corrected chi connectivity index (χ3v) is 4.85. The fraction of sp³-hybridized carbons (Fsp3) is 0.190. The summed E-state index contributed by atoms with van der Waals surface area (Å²) in [4.78, 5) is 12.7. The molecule has 24 heavy (non-hydrogen) atoms. The highest BCUT2D eigenvalue weighted by molar-refractivity contribution is 5.97. The molecule has 1 amide bonds. The molecule has 0 bridgehead atoms. The Morgan fingerprint density at radius 2 is 1.83 bits per heavy atom. The highest BCUT2D eigenvalue weighted by Crippen LogP contribution is 2.48. The molecule has 3 aromatic rings. The SMILES string of the molecule is Cc1ccccc1C(=O)NC1(c2cccc3cc(F)ccc23)CC1. The molecule has 3 aromatic carbocycles. The van der Waals surface area contributed by atoms with E-state index in [-0.39, 0.29) is 17.3 Å². The van der Waals surface area contributed by atoms with Crippen molar-refractivity contribution in [2.45, 2.75) is 25.3 Å². The zero-order valence-electron chi connectivity index (χ0n) is 13.5. The smallest absolute Gasteiger partial charge is 0.252 e. The molecule has 1 aliphatic carbocycles. The lowest BCUT2D eigenvalue weighted by Gasteiger charge is -2.20. The van der Waals surface area contributed by atoms with Crippen LogP contribution in [0, 0.1) is 12.7 Å². The molecule has 1 fully saturated rings. The van der Waals surface area contributed by atoms with Gasteiger partial charge in [-0.15, -0.1) is 0 Å². The average molecular weight is 319 g/mol. The molecule has 120 valence electrons. The predicted octanol–water partition coefficient (Wildman–Crippen LogP) is 4.71. The van der Waals surface area contributed by atoms with Crippen molar-refractivity contribution in [2.24, 2.45) is 0 Å². The van der Waals surface area contributed by atoms with Gasteiger partial charge in [-0.3, -0.25) is 4.79 Å². The summed E-state index contributed by atoms with van der Waals surface area (Å²) in [6, 6.07) is 18.3. The van der Waals surface area contributed by atoms with Gasteiger partial charge in [0.05, 0.1) is 5.54 Å². The number of nitrogens with one attached hydrogen (secondary N) is 1. The van der Waals surface area contributed by atoms with E-state index in [1.807, 2.05) is 49.4 Å². The Morgan fingerprint density at radius 3 is 2.58 bits per heavy atom. The summed E-state index contributed by atoms with van der Waals surface area (Å²) < 4.78 is 13.5. The third kappa shape index (κ3) is 2.46. The van der Waals surface area contributed by atoms with Gasteiger partial charge in [0, 0.05) is 5.56 Å². The van der Waals surface area contributed by atoms with E-state index in [0.29, 0.717) is 5.56 Å². The normalized spacial score (nSPS) is 15.2. The largest absolute Gasteiger partial charge is 0.342 e. The number of hydrogen-bond donors (Lipinski definition) is 1. The minimum atomic E-state index is -0.337. The second-order valence-corrected chi connectivity index (χ2v) is 6.52. The molecule has 1 saturated carbocycles. The summed E-state index contributed by atoms with van der Waals surface area (Å²) in [5.74, 6) is -0.293. The number of benzene rings is 3. The molecule has 0 unspecified atom stereocenters. The van der Waals surface area contributed by atoms with E-state index in [0.717, 1.165) is 34.7 Å². The predicted molar refractivity (Wildman–Crippen MR) is 93.5 cm³/mol. The number of hydrogen-bond acceptors (Lipinski definition) is 1. The fourth-order valence-electron chi connectivity index (χ4n) is 3.37. The van der Waals surface area contributed by atoms with Gasteiger partial charge < -0.3 is 5.32 Å². The van der Waals surface area contributed by atoms with E-state index in [1.54, 1.807) is 6.07 Å². The highest BCUT2D eigenvalue weighted by atomic mass is 19.1. The number of fused-ring (bicyclic) bond motifs is 1. The quantitative estimate of drug-likeness (QED) is 0.744. The van der Waals surface area contributed by atoms with E-state index >= 15 is 0 Å². The van der Waals surface area contributed by atoms with Crippen LogP contribution >= 0.6 is 0 Å². The minimum Gasteiger partial charge on any atom is -0.342 e. The zero-order chi connectivity index (χ0) is 16.7. The lowest BCUT2D eigenvalue weighted by Crippen LogP contribution is -2.35. The van der Waals surface area contributed by atoms with Gasteiger partial charge in [-0.05, 0) is 59.9 Å². The summed E-state index contributed by atoms with van der Waals surface area (Å²) in [5, 5.41) is 5.08. The molecule has 0 atom stereocenters. The van der Waals surface area contributed by atoms with Crippen LogP contribution in [0.15, 0.2) is 60.7 Å². The molecule has 0 aromatic heterocycles. The minimum absolute atomic E-state index is 0.0512. The van der Waals surface area contributed by atoms with Crippen LogP contribution in [-0.2, 0) is 5.54 Å². The van der Waals surface area contributed by atoms with Gasteiger partial charge in [-0.2, -0.15) is 0 Å². The summed E-state index contributed by atoms with van der Waals surface area (Å²) in [6.07, 6.45) is 1.81. The van der Waals surface area contributed by atoms with Crippen molar-refractivity contribution >= 4 is 16.7 Å². The lowest BCUT2D eigenvalue weighted by molar-refractivity contribution is 0.0930. The number of halogens is 1. The van der Waals surface area contributed by atoms with Crippen molar-refractivity contribution in [3.05, 3.63) is 83.2 Å². The maximum Gasteiger partial charge on any atom is 0.252 e. The molecule has 0 spiro atoms. The van der Waals surface area contributed by atoms with Crippen LogP contribution in [0.2, 0.25) is 0 Å². The molecule has 4 rings (SSSR count). The first-order valence-electron chi connectivity index (χ1n) is 8.16. The van der Waals surface area contributed by atoms with Gasteiger partial charge >= 0.3 is 0 Å². The first-order valence-corrected chi connectivity index (χ1v) is 8.16. The number of amides is 1. The fourth-order valence-corrected chi connectivity index (χ4v) is 3.37. The van der Waals surface area contributed by atoms with Crippen molar-refractivity contribution < 1.29 is 9.18 Å². The van der Waals surface area contributed by atoms with Crippen LogP contribution in [-0.4, -0.2) is 5.91 Å². The van der Waals surface area contributed by atoms with Crippen LogP contribution in [0.5, 0.6) is 0 Å². The van der Waals surface area contributed by atoms with Crippen molar-refractivity contribution in [1.29, 1.82) is 0 Å². The maximum absolute atomic E-state index is 13.5. The van der Waals surface area contributed by atoms with E-state index in [9.17, 15) is 9.18 Å². The second kappa shape index (κ2) is 5.45. The summed E-state index contributed by atoms with van der Waals surface area (Å²) >= 11 is 0. The lowest BCUT2D eigenvalue weighted by atomic mass is 9.96. The van der Waals surface area contributed by atoms with Gasteiger partial charge in [0.25, 0.3) is 5.91 Å². The third-order valence-electron chi connectivity index (χ3n) is 4.85. The first-order chi connectivity index (χ1) is 11.6. The standard InChI is InChI=1S/C21H18FNO/c1-14-5-2-3-7-17(14)20(24)23-21(11-12-21)19-8-4-6-15-13-16(22)9-10-18(15)19/h2-10,13H,11-12H2,1H3,(H,23,24). The molecular formula is C21H18FNO. The molecule has 3 heteroatoms. The number of rotatable bonds is 3. The van der Waals surface area contributed by atoms with Crippen LogP contribution < -0.4 is 5.32 Å². The molecule has 2 nitrogen and oxygen atoms in total. The number of aryl methyl sites for hydroxylation is 1. The first kappa shape index (κ1) is 14.9. The second-order valence-electron chi connectivity index (χ2n) is 6.52. The van der Waals surface area contributed by atoms with E-state index < -0.39 is 0 Å². The van der Waals surface area contributed by atoms with E-state index in [2.05, 4.69) is 5.32 Å². The summed E-state index contributed by atoms with van der Waals surface area (Å²) in [5.41, 5.74) is 2.40. The van der Waals surface area contributed by atoms with Crippen LogP contribution in [0.4, 0.5) is 4.39 Å². The van der Waals surface area contributed by atoms with Gasteiger partial charge in [0.15, 0.2) is 0 Å². The van der Waals surface area contributed by atoms with Crippen LogP contribution in [0.25, 0.3) is 10.8 Å². The Morgan fingerprint density at radius 1 is 1.04 bits per heavy atom. The topological polar surface area (TPSA) is 29.1 Å². The van der Waals surface area contributed by atoms with Crippen LogP contribution in [0.3, 0.4) is 0 Å². The van der Waals surface area contributed by atoms with Gasteiger partial charge in [-0.25, -0.2) is 4.39 Å². The molecule has 0 aliphatic heterocycles. The molecule has 1 aliphatic rings. The maximum atomic E-state index is 13.5. The Labute approximate surface area is 140 Å². The van der Waals surface area contributed by atoms with Crippen molar-refractivity contribution in [3.8, 4) is 0 Å². The van der Waals surface area contributed by atoms with Crippen molar-refractivity contribution in [2.75, 3.05) is 0 Å². The zero-order valence-corrected chi connectivity index (χ0v) is 13.5. The monoisotopic (exact) mass is 319 g/mol. The van der Waals surface area contributed by atoms with E-state index in [4.69, 9.17) is 0 Å². The highest BCUT2D eigenvalue weighted by Gasteiger charge is 2.46. The van der Waals surface area contributed by atoms with Crippen molar-refractivity contribution in [1.82, 2.24) is 5.32 Å². The average Bonchev–Trinajstić information content (AvgIpc) is 3.35. The summed E-state index contributed by atoms with van der Waals surface area (Å²) in [7, 11) is 0. The van der Waals surface area contributed by atoms with Gasteiger partial charge in [0.1, 0.15) is 5.82 Å². The number of carbonyl (C=O) groups excluding carboxylic acids is 1. The molecular weight excluding hydrogens is 301 g/mol. The Kier molecular flexibility index (Phi) is 3.38. The molecule has 0 saturated heterocycles. The Hall–Kier alpha value is -2.68. The number of carbonyl (C=O) groups is 1. The van der Waals surface area contributed by atoms with E-state index in [1.165, 1.54) is 12.1 Å². The van der Waals surface area contributed by atoms with Gasteiger partial charge in [0.2, 0.25) is 0 Å². The molecule has 0 radical (unpaired) electrons. The van der Waals surface area contributed by atoms with Gasteiger partial charge in [-0.1, -0.05) is 42.5 Å². The summed E-state index contributed by atoms with van der Waals surface area (Å²) in [6.45, 7) is 1.94. The molecule has 1 N–H and O–H groups in total. The Balaban J connectivity index is 1.72. The Bertz CT molecular complexity index is 943. The van der Waals surface area contributed by atoms with Crippen molar-refractivity contribution in [3.63, 3.8) is 0 Å². The molecule has 0 heterocycles. The van der Waals surface area contributed by atoms with Crippen LogP contribution in [0.1, 0.15) is 34.3 Å².